The van der Waals surface area contributed by atoms with Crippen LogP contribution in [0.3, 0.4) is 0 Å². The Morgan fingerprint density at radius 3 is 2.26 bits per heavy atom. The highest BCUT2D eigenvalue weighted by atomic mass is 16.5. The van der Waals surface area contributed by atoms with Gasteiger partial charge in [0, 0.05) is 17.3 Å². The summed E-state index contributed by atoms with van der Waals surface area (Å²) in [5.41, 5.74) is 1.67. The first-order valence-electron chi connectivity index (χ1n) is 9.34. The van der Waals surface area contributed by atoms with E-state index in [-0.39, 0.29) is 17.9 Å². The summed E-state index contributed by atoms with van der Waals surface area (Å²) in [6, 6.07) is 14.2. The zero-order valence-electron chi connectivity index (χ0n) is 16.4. The molecule has 2 amide bonds. The maximum atomic E-state index is 12.6. The molecular weight excluding hydrogens is 340 g/mol. The van der Waals surface area contributed by atoms with E-state index in [1.165, 1.54) is 0 Å². The lowest BCUT2D eigenvalue weighted by Gasteiger charge is -2.14. The van der Waals surface area contributed by atoms with Crippen LogP contribution >= 0.6 is 0 Å². The molecule has 0 aromatic heterocycles. The number of hydrogen-bond donors (Lipinski definition) is 2. The zero-order valence-corrected chi connectivity index (χ0v) is 16.4. The van der Waals surface area contributed by atoms with E-state index in [9.17, 15) is 9.59 Å². The molecule has 2 rings (SSSR count). The van der Waals surface area contributed by atoms with Crippen LogP contribution in [0.25, 0.3) is 0 Å². The van der Waals surface area contributed by atoms with Crippen LogP contribution in [0.4, 0.5) is 5.69 Å². The average Bonchev–Trinajstić information content (AvgIpc) is 2.66. The second-order valence-corrected chi connectivity index (χ2v) is 7.02. The average molecular weight is 368 g/mol. The predicted molar refractivity (Wildman–Crippen MR) is 108 cm³/mol. The molecule has 2 N–H and O–H groups in total. The Bertz CT molecular complexity index is 769. The van der Waals surface area contributed by atoms with Crippen LogP contribution in [0.1, 0.15) is 54.8 Å². The van der Waals surface area contributed by atoms with Gasteiger partial charge in [-0.3, -0.25) is 9.59 Å². The molecule has 0 aliphatic heterocycles. The van der Waals surface area contributed by atoms with Crippen molar-refractivity contribution in [1.82, 2.24) is 5.32 Å². The molecule has 1 unspecified atom stereocenters. The van der Waals surface area contributed by atoms with Gasteiger partial charge in [0.25, 0.3) is 11.8 Å². The van der Waals surface area contributed by atoms with Gasteiger partial charge in [-0.15, -0.1) is 0 Å². The fourth-order valence-electron chi connectivity index (χ4n) is 2.35. The number of hydrogen-bond acceptors (Lipinski definition) is 3. The first kappa shape index (κ1) is 20.5. The minimum atomic E-state index is -0.244. The van der Waals surface area contributed by atoms with Gasteiger partial charge in [0.05, 0.1) is 12.2 Å². The third kappa shape index (κ3) is 6.13. The molecule has 0 saturated heterocycles. The van der Waals surface area contributed by atoms with Crippen molar-refractivity contribution in [2.75, 3.05) is 11.9 Å². The molecule has 0 aliphatic carbocycles. The summed E-state index contributed by atoms with van der Waals surface area (Å²) in [4.78, 5) is 24.7. The molecule has 2 aromatic rings. The van der Waals surface area contributed by atoms with Crippen LogP contribution in [-0.4, -0.2) is 24.5 Å². The van der Waals surface area contributed by atoms with Gasteiger partial charge in [-0.1, -0.05) is 32.9 Å². The van der Waals surface area contributed by atoms with E-state index in [1.807, 2.05) is 19.9 Å². The van der Waals surface area contributed by atoms with E-state index in [4.69, 9.17) is 4.74 Å². The number of rotatable bonds is 8. The molecule has 0 aliphatic rings. The summed E-state index contributed by atoms with van der Waals surface area (Å²) in [6.45, 7) is 8.64. The second kappa shape index (κ2) is 9.76. The van der Waals surface area contributed by atoms with Gasteiger partial charge in [0.15, 0.2) is 0 Å². The maximum Gasteiger partial charge on any atom is 0.259 e. The van der Waals surface area contributed by atoms with E-state index < -0.39 is 0 Å². The number of para-hydroxylation sites is 1. The van der Waals surface area contributed by atoms with Gasteiger partial charge < -0.3 is 15.4 Å². The van der Waals surface area contributed by atoms with E-state index in [1.54, 1.807) is 42.5 Å². The van der Waals surface area contributed by atoms with Gasteiger partial charge in [-0.2, -0.15) is 0 Å². The number of carbonyl (C=O) groups excluding carboxylic acids is 2. The molecule has 1 atom stereocenters. The minimum Gasteiger partial charge on any atom is -0.492 e. The van der Waals surface area contributed by atoms with Gasteiger partial charge in [-0.25, -0.2) is 0 Å². The zero-order chi connectivity index (χ0) is 19.8. The molecule has 0 fully saturated rings. The van der Waals surface area contributed by atoms with Crippen molar-refractivity contribution in [3.05, 3.63) is 59.7 Å². The molecule has 0 spiro atoms. The molecule has 0 radical (unpaired) electrons. The number of carbonyl (C=O) groups is 2. The summed E-state index contributed by atoms with van der Waals surface area (Å²) in [7, 11) is 0. The maximum absolute atomic E-state index is 12.6. The van der Waals surface area contributed by atoms with Crippen LogP contribution in [0.15, 0.2) is 48.5 Å². The fraction of sp³-hybridized carbons (Fsp3) is 0.364. The van der Waals surface area contributed by atoms with Crippen molar-refractivity contribution in [3.8, 4) is 5.75 Å². The quantitative estimate of drug-likeness (QED) is 0.721. The number of amides is 2. The minimum absolute atomic E-state index is 0.116. The normalized spacial score (nSPS) is 11.7. The first-order chi connectivity index (χ1) is 12.9. The molecule has 144 valence electrons. The first-order valence-corrected chi connectivity index (χ1v) is 9.34. The van der Waals surface area contributed by atoms with Crippen molar-refractivity contribution < 1.29 is 14.3 Å². The van der Waals surface area contributed by atoms with E-state index >= 15 is 0 Å². The van der Waals surface area contributed by atoms with Crippen LogP contribution < -0.4 is 15.4 Å². The standard InChI is InChI=1S/C22H28N2O3/c1-5-16(4)23-21(25)17-10-12-18(13-11-17)24-22(26)19-8-6-7-9-20(19)27-14-15(2)3/h6-13,15-16H,5,14H2,1-4H3,(H,23,25)(H,24,26). The van der Waals surface area contributed by atoms with E-state index in [0.717, 1.165) is 6.42 Å². The SMILES string of the molecule is CCC(C)NC(=O)c1ccc(NC(=O)c2ccccc2OCC(C)C)cc1. The van der Waals surface area contributed by atoms with Crippen molar-refractivity contribution in [1.29, 1.82) is 0 Å². The topological polar surface area (TPSA) is 67.4 Å². The Morgan fingerprint density at radius 2 is 1.63 bits per heavy atom. The smallest absolute Gasteiger partial charge is 0.259 e. The lowest BCUT2D eigenvalue weighted by molar-refractivity contribution is 0.0938. The molecule has 0 bridgehead atoms. The van der Waals surface area contributed by atoms with E-state index in [0.29, 0.717) is 35.1 Å². The second-order valence-electron chi connectivity index (χ2n) is 7.02. The largest absolute Gasteiger partial charge is 0.492 e. The highest BCUT2D eigenvalue weighted by molar-refractivity contribution is 6.06. The number of benzene rings is 2. The van der Waals surface area contributed by atoms with Crippen molar-refractivity contribution in [2.45, 2.75) is 40.2 Å². The predicted octanol–water partition coefficient (Wildman–Crippen LogP) is 4.50. The molecule has 5 nitrogen and oxygen atoms in total. The Morgan fingerprint density at radius 1 is 0.963 bits per heavy atom. The monoisotopic (exact) mass is 368 g/mol. The lowest BCUT2D eigenvalue weighted by atomic mass is 10.1. The van der Waals surface area contributed by atoms with E-state index in [2.05, 4.69) is 24.5 Å². The molecule has 27 heavy (non-hydrogen) atoms. The van der Waals surface area contributed by atoms with Crippen LogP contribution in [0, 0.1) is 5.92 Å². The highest BCUT2D eigenvalue weighted by Crippen LogP contribution is 2.20. The summed E-state index contributed by atoms with van der Waals surface area (Å²) >= 11 is 0. The lowest BCUT2D eigenvalue weighted by Crippen LogP contribution is -2.31. The third-order valence-corrected chi connectivity index (χ3v) is 4.10. The molecular formula is C22H28N2O3. The Labute approximate surface area is 161 Å². The summed E-state index contributed by atoms with van der Waals surface area (Å²) in [5, 5.41) is 5.77. The van der Waals surface area contributed by atoms with Crippen LogP contribution in [0.2, 0.25) is 0 Å². The van der Waals surface area contributed by atoms with Crippen molar-refractivity contribution in [2.24, 2.45) is 5.92 Å². The van der Waals surface area contributed by atoms with Crippen molar-refractivity contribution in [3.63, 3.8) is 0 Å². The van der Waals surface area contributed by atoms with Gasteiger partial charge in [-0.05, 0) is 55.7 Å². The fourth-order valence-corrected chi connectivity index (χ4v) is 2.35. The summed E-state index contributed by atoms with van der Waals surface area (Å²) in [5.74, 6) is 0.573. The Hall–Kier alpha value is -2.82. The Kier molecular flexibility index (Phi) is 7.41. The molecule has 5 heteroatoms. The summed E-state index contributed by atoms with van der Waals surface area (Å²) in [6.07, 6.45) is 0.873. The van der Waals surface area contributed by atoms with Gasteiger partial charge >= 0.3 is 0 Å². The molecule has 0 saturated carbocycles. The van der Waals surface area contributed by atoms with Crippen LogP contribution in [0.5, 0.6) is 5.75 Å². The number of ether oxygens (including phenoxy) is 1. The van der Waals surface area contributed by atoms with Crippen molar-refractivity contribution >= 4 is 17.5 Å². The number of anilines is 1. The Balaban J connectivity index is 2.05. The molecule has 2 aromatic carbocycles. The van der Waals surface area contributed by atoms with Gasteiger partial charge in [0.2, 0.25) is 0 Å². The molecule has 0 heterocycles. The number of nitrogens with one attached hydrogen (secondary N) is 2. The highest BCUT2D eigenvalue weighted by Gasteiger charge is 2.14. The summed E-state index contributed by atoms with van der Waals surface area (Å²) < 4.78 is 5.74. The van der Waals surface area contributed by atoms with Crippen LogP contribution in [-0.2, 0) is 0 Å². The van der Waals surface area contributed by atoms with Gasteiger partial charge in [0.1, 0.15) is 5.75 Å². The third-order valence-electron chi connectivity index (χ3n) is 4.10.